The van der Waals surface area contributed by atoms with Crippen molar-refractivity contribution in [2.75, 3.05) is 0 Å². The molecule has 0 radical (unpaired) electrons. The van der Waals surface area contributed by atoms with Crippen LogP contribution in [0.1, 0.15) is 11.4 Å². The maximum atomic E-state index is 5.64. The molecule has 0 bridgehead atoms. The molecule has 0 amide bonds. The number of fused-ring (bicyclic) bond motifs is 1. The third-order valence-corrected chi connectivity index (χ3v) is 3.81. The van der Waals surface area contributed by atoms with Gasteiger partial charge in [-0.15, -0.1) is 0 Å². The van der Waals surface area contributed by atoms with Crippen molar-refractivity contribution in [1.82, 2.24) is 9.38 Å². The van der Waals surface area contributed by atoms with E-state index in [0.29, 0.717) is 6.54 Å². The zero-order chi connectivity index (χ0) is 13.4. The second-order valence-electron chi connectivity index (χ2n) is 4.53. The van der Waals surface area contributed by atoms with E-state index in [0.717, 1.165) is 15.7 Å². The fourth-order valence-corrected chi connectivity index (χ4v) is 2.71. The summed E-state index contributed by atoms with van der Waals surface area (Å²) in [6.45, 7) is 2.57. The van der Waals surface area contributed by atoms with Crippen molar-refractivity contribution < 1.29 is 0 Å². The zero-order valence-electron chi connectivity index (χ0n) is 10.6. The van der Waals surface area contributed by atoms with E-state index in [9.17, 15) is 0 Å². The minimum Gasteiger partial charge on any atom is -0.325 e. The Hall–Kier alpha value is -1.65. The van der Waals surface area contributed by atoms with Gasteiger partial charge in [0.2, 0.25) is 0 Å². The van der Waals surface area contributed by atoms with Crippen molar-refractivity contribution in [2.24, 2.45) is 5.73 Å². The molecule has 1 aromatic carbocycles. The monoisotopic (exact) mass is 315 g/mol. The fraction of sp³-hybridized carbons (Fsp3) is 0.133. The summed E-state index contributed by atoms with van der Waals surface area (Å²) < 4.78 is 3.18. The van der Waals surface area contributed by atoms with Gasteiger partial charge in [-0.25, -0.2) is 4.98 Å². The molecule has 96 valence electrons. The van der Waals surface area contributed by atoms with Crippen LogP contribution in [0.3, 0.4) is 0 Å². The van der Waals surface area contributed by atoms with Gasteiger partial charge < -0.3 is 10.1 Å². The molecule has 4 heteroatoms. The second kappa shape index (κ2) is 4.79. The highest BCUT2D eigenvalue weighted by molar-refractivity contribution is 9.10. The van der Waals surface area contributed by atoms with Gasteiger partial charge in [0.05, 0.1) is 12.0 Å². The van der Waals surface area contributed by atoms with Gasteiger partial charge in [0.15, 0.2) is 0 Å². The lowest BCUT2D eigenvalue weighted by Gasteiger charge is -2.02. The third kappa shape index (κ3) is 2.17. The number of aryl methyl sites for hydroxylation is 1. The maximum absolute atomic E-state index is 5.64. The number of halogens is 1. The third-order valence-electron chi connectivity index (χ3n) is 3.32. The molecule has 0 fully saturated rings. The normalized spacial score (nSPS) is 11.1. The quantitative estimate of drug-likeness (QED) is 0.786. The average molecular weight is 316 g/mol. The average Bonchev–Trinajstić information content (AvgIpc) is 2.75. The molecule has 0 saturated carbocycles. The van der Waals surface area contributed by atoms with Gasteiger partial charge in [0.25, 0.3) is 0 Å². The van der Waals surface area contributed by atoms with Crippen LogP contribution in [0.15, 0.2) is 47.2 Å². The Morgan fingerprint density at radius 1 is 1.26 bits per heavy atom. The smallest absolute Gasteiger partial charge is 0.0996 e. The van der Waals surface area contributed by atoms with Crippen molar-refractivity contribution in [3.63, 3.8) is 0 Å². The lowest BCUT2D eigenvalue weighted by molar-refractivity contribution is 0.941. The van der Waals surface area contributed by atoms with Crippen molar-refractivity contribution in [3.05, 3.63) is 58.6 Å². The molecular weight excluding hydrogens is 302 g/mol. The van der Waals surface area contributed by atoms with Gasteiger partial charge in [0.1, 0.15) is 0 Å². The number of rotatable bonds is 2. The number of hydrogen-bond acceptors (Lipinski definition) is 2. The minimum atomic E-state index is 0.465. The summed E-state index contributed by atoms with van der Waals surface area (Å²) in [6, 6.07) is 12.5. The number of aromatic nitrogens is 2. The fourth-order valence-electron chi connectivity index (χ4n) is 2.31. The molecule has 19 heavy (non-hydrogen) atoms. The highest BCUT2D eigenvalue weighted by Gasteiger charge is 2.09. The number of nitrogens with two attached hydrogens (primary N) is 1. The molecule has 0 aliphatic rings. The molecule has 3 rings (SSSR count). The summed E-state index contributed by atoms with van der Waals surface area (Å²) in [6.07, 6.45) is 1.84. The summed E-state index contributed by atoms with van der Waals surface area (Å²) >= 11 is 3.51. The van der Waals surface area contributed by atoms with Gasteiger partial charge >= 0.3 is 0 Å². The Morgan fingerprint density at radius 2 is 2.11 bits per heavy atom. The van der Waals surface area contributed by atoms with E-state index in [4.69, 9.17) is 5.73 Å². The van der Waals surface area contributed by atoms with E-state index in [1.54, 1.807) is 0 Å². The second-order valence-corrected chi connectivity index (χ2v) is 5.45. The molecule has 3 nitrogen and oxygen atoms in total. The van der Waals surface area contributed by atoms with Gasteiger partial charge in [-0.1, -0.05) is 28.1 Å². The minimum absolute atomic E-state index is 0.465. The first-order chi connectivity index (χ1) is 9.19. The Morgan fingerprint density at radius 3 is 2.84 bits per heavy atom. The molecule has 2 N–H and O–H groups in total. The van der Waals surface area contributed by atoms with E-state index in [2.05, 4.69) is 50.4 Å². The first-order valence-corrected chi connectivity index (χ1v) is 6.91. The van der Waals surface area contributed by atoms with Crippen LogP contribution in [0, 0.1) is 6.92 Å². The Labute approximate surface area is 120 Å². The molecule has 2 aromatic heterocycles. The van der Waals surface area contributed by atoms with E-state index >= 15 is 0 Å². The number of benzene rings is 1. The molecule has 0 atom stereocenters. The summed E-state index contributed by atoms with van der Waals surface area (Å²) in [5.41, 5.74) is 11.3. The standard InChI is InChI=1S/C15H14BrN3/c1-10-15(11-3-2-4-12(16)5-11)7-14-6-13(8-17)18-9-19(10)14/h2-7,9H,8,17H2,1H3. The predicted octanol–water partition coefficient (Wildman–Crippen LogP) is 3.53. The molecule has 0 unspecified atom stereocenters. The highest BCUT2D eigenvalue weighted by Crippen LogP contribution is 2.29. The van der Waals surface area contributed by atoms with Crippen molar-refractivity contribution in [2.45, 2.75) is 13.5 Å². The Kier molecular flexibility index (Phi) is 3.12. The maximum Gasteiger partial charge on any atom is 0.0996 e. The van der Waals surface area contributed by atoms with Crippen molar-refractivity contribution >= 4 is 21.4 Å². The van der Waals surface area contributed by atoms with Crippen molar-refractivity contribution in [3.8, 4) is 11.1 Å². The summed E-state index contributed by atoms with van der Waals surface area (Å²) in [4.78, 5) is 4.34. The first kappa shape index (κ1) is 12.4. The molecule has 0 spiro atoms. The highest BCUT2D eigenvalue weighted by atomic mass is 79.9. The number of nitrogens with zero attached hydrogens (tertiary/aromatic N) is 2. The van der Waals surface area contributed by atoms with Crippen LogP contribution in [0.5, 0.6) is 0 Å². The molecule has 2 heterocycles. The van der Waals surface area contributed by atoms with Crippen LogP contribution >= 0.6 is 15.9 Å². The molecule has 3 aromatic rings. The molecular formula is C15H14BrN3. The summed E-state index contributed by atoms with van der Waals surface area (Å²) in [7, 11) is 0. The van der Waals surface area contributed by atoms with Crippen LogP contribution in [0.4, 0.5) is 0 Å². The van der Waals surface area contributed by atoms with Crippen LogP contribution in [0.2, 0.25) is 0 Å². The topological polar surface area (TPSA) is 43.3 Å². The number of hydrogen-bond donors (Lipinski definition) is 1. The van der Waals surface area contributed by atoms with Crippen molar-refractivity contribution in [1.29, 1.82) is 0 Å². The van der Waals surface area contributed by atoms with Gasteiger partial charge in [-0.05, 0) is 36.8 Å². The lowest BCUT2D eigenvalue weighted by atomic mass is 10.1. The van der Waals surface area contributed by atoms with Crippen LogP contribution in [-0.4, -0.2) is 9.38 Å². The van der Waals surface area contributed by atoms with E-state index in [-0.39, 0.29) is 0 Å². The molecule has 0 saturated heterocycles. The Balaban J connectivity index is 2.22. The van der Waals surface area contributed by atoms with Crippen LogP contribution in [0.25, 0.3) is 16.6 Å². The van der Waals surface area contributed by atoms with Gasteiger partial charge in [-0.2, -0.15) is 0 Å². The largest absolute Gasteiger partial charge is 0.325 e. The van der Waals surface area contributed by atoms with E-state index in [1.807, 2.05) is 24.5 Å². The SMILES string of the molecule is Cc1c(-c2cccc(Br)c2)cc2cc(CN)ncn12. The molecule has 0 aliphatic heterocycles. The Bertz CT molecular complexity index is 746. The molecule has 0 aliphatic carbocycles. The zero-order valence-corrected chi connectivity index (χ0v) is 12.2. The summed E-state index contributed by atoms with van der Waals surface area (Å²) in [5, 5.41) is 0. The van der Waals surface area contributed by atoms with Crippen LogP contribution < -0.4 is 5.73 Å². The van der Waals surface area contributed by atoms with Gasteiger partial charge in [-0.3, -0.25) is 0 Å². The first-order valence-electron chi connectivity index (χ1n) is 6.11. The van der Waals surface area contributed by atoms with Gasteiger partial charge in [0, 0.05) is 27.8 Å². The predicted molar refractivity (Wildman–Crippen MR) is 81.0 cm³/mol. The summed E-state index contributed by atoms with van der Waals surface area (Å²) in [5.74, 6) is 0. The van der Waals surface area contributed by atoms with Crippen LogP contribution in [-0.2, 0) is 6.54 Å². The van der Waals surface area contributed by atoms with E-state index in [1.165, 1.54) is 16.8 Å². The van der Waals surface area contributed by atoms with E-state index < -0.39 is 0 Å². The lowest BCUT2D eigenvalue weighted by Crippen LogP contribution is -2.01.